The van der Waals surface area contributed by atoms with Gasteiger partial charge in [0.25, 0.3) is 0 Å². The number of hydrogen-bond acceptors (Lipinski definition) is 3. The molecular weight excluding hydrogens is 786 g/mol. The molecular formula is C39H44IrNO2Se-. The van der Waals surface area contributed by atoms with Gasteiger partial charge in [0, 0.05) is 37.0 Å². The van der Waals surface area contributed by atoms with Crippen molar-refractivity contribution >= 4 is 50.4 Å². The molecule has 5 aromatic rings. The summed E-state index contributed by atoms with van der Waals surface area (Å²) in [5.74, 6) is 0.286. The van der Waals surface area contributed by atoms with Crippen molar-refractivity contribution in [3.8, 4) is 11.3 Å². The summed E-state index contributed by atoms with van der Waals surface area (Å²) in [6, 6.07) is 23.4. The van der Waals surface area contributed by atoms with Crippen LogP contribution in [0.3, 0.4) is 0 Å². The third-order valence-corrected chi connectivity index (χ3v) is 12.7. The molecule has 5 heteroatoms. The maximum absolute atomic E-state index is 12.2. The van der Waals surface area contributed by atoms with Crippen LogP contribution in [0.15, 0.2) is 72.6 Å². The molecule has 3 nitrogen and oxygen atoms in total. The van der Waals surface area contributed by atoms with Gasteiger partial charge in [0.15, 0.2) is 5.78 Å². The summed E-state index contributed by atoms with van der Waals surface area (Å²) >= 11 is 0.370. The Bertz CT molecular complexity index is 1860. The Morgan fingerprint density at radius 3 is 2.20 bits per heavy atom. The van der Waals surface area contributed by atoms with Crippen molar-refractivity contribution < 1.29 is 30.0 Å². The molecule has 6 rings (SSSR count). The van der Waals surface area contributed by atoms with Crippen molar-refractivity contribution in [2.24, 2.45) is 10.8 Å². The van der Waals surface area contributed by atoms with E-state index in [2.05, 4.69) is 74.5 Å². The summed E-state index contributed by atoms with van der Waals surface area (Å²) in [7, 11) is 0. The van der Waals surface area contributed by atoms with Gasteiger partial charge in [0.05, 0.1) is 0 Å². The topological polar surface area (TPSA) is 50.2 Å². The van der Waals surface area contributed by atoms with Gasteiger partial charge in [-0.2, -0.15) is 0 Å². The molecule has 1 N–H and O–H groups in total. The Labute approximate surface area is 282 Å². The summed E-state index contributed by atoms with van der Waals surface area (Å²) in [6.45, 7) is 16.8. The summed E-state index contributed by atoms with van der Waals surface area (Å²) in [5, 5.41) is 15.5. The van der Waals surface area contributed by atoms with Crippen molar-refractivity contribution in [3.05, 3.63) is 89.8 Å². The Kier molecular flexibility index (Phi) is 10.2. The number of nitrogens with zero attached hydrogens (tertiary/aromatic N) is 1. The van der Waals surface area contributed by atoms with Gasteiger partial charge < -0.3 is 5.11 Å². The second-order valence-corrected chi connectivity index (χ2v) is 15.3. The number of benzene rings is 3. The van der Waals surface area contributed by atoms with Crippen LogP contribution in [0.5, 0.6) is 0 Å². The van der Waals surface area contributed by atoms with Crippen molar-refractivity contribution in [2.45, 2.75) is 86.5 Å². The molecule has 2 heterocycles. The molecule has 1 aliphatic rings. The summed E-state index contributed by atoms with van der Waals surface area (Å²) in [6.07, 6.45) is 6.78. The van der Waals surface area contributed by atoms with E-state index in [-0.39, 0.29) is 47.9 Å². The second-order valence-electron chi connectivity index (χ2n) is 13.0. The van der Waals surface area contributed by atoms with Crippen molar-refractivity contribution in [2.75, 3.05) is 0 Å². The maximum Gasteiger partial charge on any atom is 0.164 e. The number of ketones is 1. The minimum absolute atomic E-state index is 0. The molecule has 0 atom stereocenters. The average molecular weight is 830 g/mol. The predicted molar refractivity (Wildman–Crippen MR) is 183 cm³/mol. The van der Waals surface area contributed by atoms with Crippen molar-refractivity contribution in [1.29, 1.82) is 0 Å². The van der Waals surface area contributed by atoms with Crippen LogP contribution in [0, 0.1) is 16.9 Å². The van der Waals surface area contributed by atoms with E-state index in [1.165, 1.54) is 52.8 Å². The van der Waals surface area contributed by atoms with E-state index in [1.807, 2.05) is 47.7 Å². The van der Waals surface area contributed by atoms with Crippen LogP contribution in [0.4, 0.5) is 0 Å². The van der Waals surface area contributed by atoms with E-state index >= 15 is 0 Å². The Balaban J connectivity index is 0.000000218. The minimum atomic E-state index is -0.337. The van der Waals surface area contributed by atoms with Gasteiger partial charge in [0.1, 0.15) is 5.76 Å². The van der Waals surface area contributed by atoms with Gasteiger partial charge >= 0.3 is 158 Å². The zero-order valence-corrected chi connectivity index (χ0v) is 31.3. The number of aliphatic hydroxyl groups is 1. The second kappa shape index (κ2) is 13.1. The first-order chi connectivity index (χ1) is 20.5. The summed E-state index contributed by atoms with van der Waals surface area (Å²) in [5.41, 5.74) is 4.32. The van der Waals surface area contributed by atoms with Gasteiger partial charge in [-0.1, -0.05) is 41.5 Å². The SMILES string of the molecule is CC1(C)c2c(ncc3ccccc23)-c2[c-]ccc3[se]c4cccc1c4c23.CCC(C)(CC)C(=O)/C=C(\O)C(C)(CC)CC.[Ir]. The maximum atomic E-state index is 12.2. The van der Waals surface area contributed by atoms with Gasteiger partial charge in [-0.3, -0.25) is 4.79 Å². The molecule has 0 spiro atoms. The van der Waals surface area contributed by atoms with E-state index < -0.39 is 0 Å². The van der Waals surface area contributed by atoms with Crippen molar-refractivity contribution in [3.63, 3.8) is 0 Å². The van der Waals surface area contributed by atoms with Crippen LogP contribution < -0.4 is 0 Å². The number of pyridine rings is 1. The number of carbonyl (C=O) groups is 1. The van der Waals surface area contributed by atoms with Crippen LogP contribution in [0.25, 0.3) is 41.3 Å². The van der Waals surface area contributed by atoms with E-state index in [4.69, 9.17) is 4.98 Å². The number of rotatable bonds is 7. The van der Waals surface area contributed by atoms with Crippen LogP contribution in [0.2, 0.25) is 0 Å². The molecule has 1 radical (unpaired) electrons. The minimum Gasteiger partial charge on any atom is -0.512 e. The smallest absolute Gasteiger partial charge is 0.164 e. The Hall–Kier alpha value is -2.55. The Morgan fingerprint density at radius 1 is 0.909 bits per heavy atom. The molecule has 0 unspecified atom stereocenters. The first-order valence-electron chi connectivity index (χ1n) is 15.7. The molecule has 2 aromatic heterocycles. The van der Waals surface area contributed by atoms with Gasteiger partial charge in [-0.25, -0.2) is 0 Å². The molecule has 1 aliphatic carbocycles. The third-order valence-electron chi connectivity index (χ3n) is 10.4. The van der Waals surface area contributed by atoms with Crippen LogP contribution >= 0.6 is 0 Å². The quantitative estimate of drug-likeness (QED) is 0.0770. The fraction of sp³-hybridized carbons (Fsp3) is 0.385. The van der Waals surface area contributed by atoms with Gasteiger partial charge in [-0.05, 0) is 25.7 Å². The fourth-order valence-corrected chi connectivity index (χ4v) is 8.71. The molecule has 44 heavy (non-hydrogen) atoms. The molecule has 0 fully saturated rings. The zero-order chi connectivity index (χ0) is 31.2. The van der Waals surface area contributed by atoms with E-state index in [9.17, 15) is 9.90 Å². The monoisotopic (exact) mass is 831 g/mol. The predicted octanol–water partition coefficient (Wildman–Crippen LogP) is 10.4. The number of carbonyl (C=O) groups excluding carboxylic acids is 1. The number of allylic oxidation sites excluding steroid dienone is 2. The summed E-state index contributed by atoms with van der Waals surface area (Å²) < 4.78 is 2.96. The zero-order valence-electron chi connectivity index (χ0n) is 27.2. The van der Waals surface area contributed by atoms with Crippen LogP contribution in [-0.2, 0) is 30.3 Å². The number of aliphatic hydroxyl groups excluding tert-OH is 1. The molecule has 3 aromatic carbocycles. The third kappa shape index (κ3) is 5.67. The van der Waals surface area contributed by atoms with E-state index in [0.717, 1.165) is 31.4 Å². The Morgan fingerprint density at radius 2 is 1.55 bits per heavy atom. The molecule has 0 bridgehead atoms. The standard InChI is InChI=1S/C24H16NSe.C15H28O2.Ir/c1-24(2)17-10-6-12-19-21(17)20-16(9-5-11-18(20)26-19)23-22(24)15-8-4-3-7-14(15)13-25-23;1-7-14(5,8-2)12(16)11-13(17)15(6,9-3)10-4;/h3-8,10-13H,1-2H3;11,16H,7-10H2,1-6H3;/q-1;;/b;12-11-;. The van der Waals surface area contributed by atoms with Gasteiger partial charge in [0.2, 0.25) is 0 Å². The van der Waals surface area contributed by atoms with E-state index in [0.29, 0.717) is 14.5 Å². The normalized spacial score (nSPS) is 14.1. The number of fused-ring (bicyclic) bond motifs is 4. The largest absolute Gasteiger partial charge is 0.512 e. The van der Waals surface area contributed by atoms with Crippen LogP contribution in [0.1, 0.15) is 92.2 Å². The molecule has 233 valence electrons. The fourth-order valence-electron chi connectivity index (χ4n) is 6.32. The molecule has 0 amide bonds. The van der Waals surface area contributed by atoms with Crippen molar-refractivity contribution in [1.82, 2.24) is 4.98 Å². The molecule has 0 saturated carbocycles. The molecule has 0 aliphatic heterocycles. The van der Waals surface area contributed by atoms with Gasteiger partial charge in [-0.15, -0.1) is 0 Å². The first-order valence-corrected chi connectivity index (χ1v) is 17.4. The van der Waals surface area contributed by atoms with Crippen LogP contribution in [-0.4, -0.2) is 30.4 Å². The van der Waals surface area contributed by atoms with E-state index in [1.54, 1.807) is 0 Å². The number of hydrogen-bond donors (Lipinski definition) is 1. The number of aromatic nitrogens is 1. The molecule has 0 saturated heterocycles. The summed E-state index contributed by atoms with van der Waals surface area (Å²) in [4.78, 5) is 17.1. The first kappa shape index (κ1) is 34.3. The average Bonchev–Trinajstić information content (AvgIpc) is 3.38.